The monoisotopic (exact) mass is 259 g/mol. The van der Waals surface area contributed by atoms with E-state index in [2.05, 4.69) is 61.5 Å². The number of hydrogen-bond donors (Lipinski definition) is 1. The number of hydrogen-bond acceptors (Lipinski definition) is 1. The molecule has 0 saturated carbocycles. The molecule has 0 amide bonds. The molecule has 1 heteroatoms. The van der Waals surface area contributed by atoms with Crippen LogP contribution in [0.4, 0.5) is 0 Å². The van der Waals surface area contributed by atoms with E-state index in [-0.39, 0.29) is 6.04 Å². The van der Waals surface area contributed by atoms with Gasteiger partial charge in [0.25, 0.3) is 0 Å². The summed E-state index contributed by atoms with van der Waals surface area (Å²) in [4.78, 5) is 0. The molecule has 0 aliphatic rings. The van der Waals surface area contributed by atoms with Gasteiger partial charge in [0, 0.05) is 6.04 Å². The summed E-state index contributed by atoms with van der Waals surface area (Å²) in [5, 5.41) is 8.08. The quantitative estimate of drug-likeness (QED) is 0.528. The van der Waals surface area contributed by atoms with Crippen molar-refractivity contribution >= 4 is 32.3 Å². The normalized spacial score (nSPS) is 13.5. The molecule has 4 aromatic rings. The molecule has 0 aliphatic carbocycles. The predicted octanol–water partition coefficient (Wildman–Crippen LogP) is 4.47. The van der Waals surface area contributed by atoms with Gasteiger partial charge in [0.1, 0.15) is 0 Å². The minimum atomic E-state index is 0.188. The largest absolute Gasteiger partial charge is 0.328 e. The topological polar surface area (TPSA) is 26.0 Å². The Balaban J connectivity index is 2.20. The highest BCUT2D eigenvalue weighted by atomic mass is 14.6. The molecular weight excluding hydrogens is 242 g/mol. The number of benzene rings is 4. The average Bonchev–Trinajstić information content (AvgIpc) is 2.46. The Bertz CT molecular complexity index is 890. The fourth-order valence-electron chi connectivity index (χ4n) is 3.32. The summed E-state index contributed by atoms with van der Waals surface area (Å²) >= 11 is 0. The smallest absolute Gasteiger partial charge is 0.00511 e. The fourth-order valence-corrected chi connectivity index (χ4v) is 3.32. The third-order valence-corrected chi connectivity index (χ3v) is 4.16. The van der Waals surface area contributed by atoms with Crippen LogP contribution in [0.3, 0.4) is 0 Å². The van der Waals surface area contributed by atoms with Crippen molar-refractivity contribution in [2.75, 3.05) is 0 Å². The first-order valence-electron chi connectivity index (χ1n) is 7.15. The Hall–Kier alpha value is -2.12. The third-order valence-electron chi connectivity index (χ3n) is 4.16. The van der Waals surface area contributed by atoms with Gasteiger partial charge in [-0.05, 0) is 51.2 Å². The molecule has 0 saturated heterocycles. The maximum atomic E-state index is 6.00. The third kappa shape index (κ3) is 1.60. The summed E-state index contributed by atoms with van der Waals surface area (Å²) in [7, 11) is 0. The van der Waals surface area contributed by atoms with Gasteiger partial charge in [-0.25, -0.2) is 0 Å². The molecule has 4 aromatic carbocycles. The van der Waals surface area contributed by atoms with Gasteiger partial charge in [-0.1, -0.05) is 54.6 Å². The van der Waals surface area contributed by atoms with Crippen molar-refractivity contribution < 1.29 is 0 Å². The van der Waals surface area contributed by atoms with Crippen molar-refractivity contribution in [3.63, 3.8) is 0 Å². The van der Waals surface area contributed by atoms with Gasteiger partial charge in [-0.15, -0.1) is 0 Å². The van der Waals surface area contributed by atoms with Crippen molar-refractivity contribution in [2.45, 2.75) is 19.4 Å². The van der Waals surface area contributed by atoms with Crippen LogP contribution in [0.25, 0.3) is 32.3 Å². The van der Waals surface area contributed by atoms with Gasteiger partial charge < -0.3 is 5.73 Å². The van der Waals surface area contributed by atoms with Crippen molar-refractivity contribution in [1.82, 2.24) is 0 Å². The summed E-state index contributed by atoms with van der Waals surface area (Å²) in [5.41, 5.74) is 7.35. The molecule has 1 nitrogen and oxygen atoms in total. The van der Waals surface area contributed by atoms with Gasteiger partial charge in [-0.3, -0.25) is 0 Å². The van der Waals surface area contributed by atoms with Crippen molar-refractivity contribution in [3.8, 4) is 0 Å². The SMILES string of the molecule is CC(N)Cc1ccc2ccc3cccc4ccc1c2c34. The predicted molar refractivity (Wildman–Crippen MR) is 87.5 cm³/mol. The zero-order chi connectivity index (χ0) is 13.7. The lowest BCUT2D eigenvalue weighted by Crippen LogP contribution is -2.17. The molecule has 0 aromatic heterocycles. The molecule has 1 atom stereocenters. The highest BCUT2D eigenvalue weighted by Gasteiger charge is 2.11. The van der Waals surface area contributed by atoms with Crippen LogP contribution in [0.2, 0.25) is 0 Å². The van der Waals surface area contributed by atoms with Gasteiger partial charge in [0.05, 0.1) is 0 Å². The molecule has 0 fully saturated rings. The highest BCUT2D eigenvalue weighted by molar-refractivity contribution is 6.23. The minimum absolute atomic E-state index is 0.188. The van der Waals surface area contributed by atoms with Crippen LogP contribution < -0.4 is 5.73 Å². The van der Waals surface area contributed by atoms with Crippen LogP contribution in [0.5, 0.6) is 0 Å². The first-order chi connectivity index (χ1) is 9.74. The lowest BCUT2D eigenvalue weighted by atomic mass is 9.90. The van der Waals surface area contributed by atoms with E-state index in [4.69, 9.17) is 5.73 Å². The molecule has 0 aliphatic heterocycles. The highest BCUT2D eigenvalue weighted by Crippen LogP contribution is 2.36. The molecule has 4 rings (SSSR count). The summed E-state index contributed by atoms with van der Waals surface area (Å²) in [5.74, 6) is 0. The maximum absolute atomic E-state index is 6.00. The van der Waals surface area contributed by atoms with E-state index in [9.17, 15) is 0 Å². The van der Waals surface area contributed by atoms with E-state index in [0.29, 0.717) is 0 Å². The van der Waals surface area contributed by atoms with Crippen LogP contribution in [0.15, 0.2) is 54.6 Å². The second kappa shape index (κ2) is 4.19. The number of rotatable bonds is 2. The van der Waals surface area contributed by atoms with Crippen LogP contribution >= 0.6 is 0 Å². The van der Waals surface area contributed by atoms with Crippen LogP contribution in [-0.4, -0.2) is 6.04 Å². The Labute approximate surface area is 118 Å². The molecule has 0 spiro atoms. The Morgan fingerprint density at radius 2 is 1.40 bits per heavy atom. The lowest BCUT2D eigenvalue weighted by Gasteiger charge is -2.14. The Morgan fingerprint density at radius 3 is 2.10 bits per heavy atom. The van der Waals surface area contributed by atoms with Crippen molar-refractivity contribution in [1.29, 1.82) is 0 Å². The second-order valence-corrected chi connectivity index (χ2v) is 5.76. The lowest BCUT2D eigenvalue weighted by molar-refractivity contribution is 0.742. The molecular formula is C19H17N. The molecule has 20 heavy (non-hydrogen) atoms. The van der Waals surface area contributed by atoms with Gasteiger partial charge >= 0.3 is 0 Å². The van der Waals surface area contributed by atoms with Crippen molar-refractivity contribution in [2.24, 2.45) is 5.73 Å². The zero-order valence-corrected chi connectivity index (χ0v) is 11.6. The summed E-state index contributed by atoms with van der Waals surface area (Å²) in [6.45, 7) is 2.07. The van der Waals surface area contributed by atoms with Gasteiger partial charge in [0.15, 0.2) is 0 Å². The minimum Gasteiger partial charge on any atom is -0.328 e. The maximum Gasteiger partial charge on any atom is 0.00511 e. The van der Waals surface area contributed by atoms with Crippen molar-refractivity contribution in [3.05, 3.63) is 60.2 Å². The standard InChI is InChI=1S/C19H17N/c1-12(20)11-16-8-7-15-6-5-13-3-2-4-14-9-10-17(16)19(15)18(13)14/h2-10,12H,11,20H2,1H3. The molecule has 1 unspecified atom stereocenters. The molecule has 98 valence electrons. The van der Waals surface area contributed by atoms with Crippen LogP contribution in [0.1, 0.15) is 12.5 Å². The van der Waals surface area contributed by atoms with Crippen LogP contribution in [0, 0.1) is 0 Å². The number of nitrogens with two attached hydrogens (primary N) is 1. The van der Waals surface area contributed by atoms with Gasteiger partial charge in [0.2, 0.25) is 0 Å². The van der Waals surface area contributed by atoms with E-state index in [1.807, 2.05) is 0 Å². The van der Waals surface area contributed by atoms with Gasteiger partial charge in [-0.2, -0.15) is 0 Å². The summed E-state index contributed by atoms with van der Waals surface area (Å²) < 4.78 is 0. The molecule has 2 N–H and O–H groups in total. The molecule has 0 bridgehead atoms. The Kier molecular flexibility index (Phi) is 2.45. The van der Waals surface area contributed by atoms with E-state index < -0.39 is 0 Å². The summed E-state index contributed by atoms with van der Waals surface area (Å²) in [6.07, 6.45) is 0.925. The van der Waals surface area contributed by atoms with E-state index in [1.54, 1.807) is 0 Å². The summed E-state index contributed by atoms with van der Waals surface area (Å²) in [6, 6.07) is 20.1. The first-order valence-corrected chi connectivity index (χ1v) is 7.15. The first kappa shape index (κ1) is 11.7. The zero-order valence-electron chi connectivity index (χ0n) is 11.6. The second-order valence-electron chi connectivity index (χ2n) is 5.76. The molecule has 0 heterocycles. The van der Waals surface area contributed by atoms with E-state index in [0.717, 1.165) is 6.42 Å². The van der Waals surface area contributed by atoms with E-state index in [1.165, 1.54) is 37.9 Å². The Morgan fingerprint density at radius 1 is 0.800 bits per heavy atom. The fraction of sp³-hybridized carbons (Fsp3) is 0.158. The average molecular weight is 259 g/mol. The molecule has 0 radical (unpaired) electrons. The van der Waals surface area contributed by atoms with Crippen LogP contribution in [-0.2, 0) is 6.42 Å². The van der Waals surface area contributed by atoms with E-state index >= 15 is 0 Å².